The van der Waals surface area contributed by atoms with Gasteiger partial charge in [-0.15, -0.1) is 0 Å². The standard InChI is InChI=1S/C14H22N2OS/c1-2-4-13-9-12(11-17)10-14(15-13)16-5-3-7-18-8-6-16/h9-10,17H,2-8,11H2,1H3. The van der Waals surface area contributed by atoms with Gasteiger partial charge in [0.2, 0.25) is 0 Å². The van der Waals surface area contributed by atoms with Gasteiger partial charge >= 0.3 is 0 Å². The summed E-state index contributed by atoms with van der Waals surface area (Å²) >= 11 is 2.02. The molecule has 1 aromatic heterocycles. The second-order valence-electron chi connectivity index (χ2n) is 4.69. The summed E-state index contributed by atoms with van der Waals surface area (Å²) in [6.07, 6.45) is 3.30. The number of anilines is 1. The van der Waals surface area contributed by atoms with E-state index in [4.69, 9.17) is 4.98 Å². The van der Waals surface area contributed by atoms with Gasteiger partial charge in [-0.3, -0.25) is 0 Å². The monoisotopic (exact) mass is 266 g/mol. The summed E-state index contributed by atoms with van der Waals surface area (Å²) in [5.74, 6) is 3.47. The highest BCUT2D eigenvalue weighted by molar-refractivity contribution is 7.99. The molecule has 2 rings (SSSR count). The molecule has 1 aromatic rings. The van der Waals surface area contributed by atoms with Crippen molar-refractivity contribution < 1.29 is 5.11 Å². The Morgan fingerprint density at radius 1 is 1.33 bits per heavy atom. The number of aromatic nitrogens is 1. The largest absolute Gasteiger partial charge is 0.392 e. The summed E-state index contributed by atoms with van der Waals surface area (Å²) < 4.78 is 0. The Morgan fingerprint density at radius 2 is 2.22 bits per heavy atom. The fourth-order valence-corrected chi connectivity index (χ4v) is 3.13. The lowest BCUT2D eigenvalue weighted by Gasteiger charge is -2.22. The molecule has 0 aliphatic carbocycles. The van der Waals surface area contributed by atoms with Gasteiger partial charge in [-0.05, 0) is 36.3 Å². The number of aryl methyl sites for hydroxylation is 1. The normalized spacial score (nSPS) is 16.7. The van der Waals surface area contributed by atoms with Crippen LogP contribution >= 0.6 is 11.8 Å². The molecule has 0 saturated carbocycles. The predicted octanol–water partition coefficient (Wildman–Crippen LogP) is 2.47. The second-order valence-corrected chi connectivity index (χ2v) is 5.91. The van der Waals surface area contributed by atoms with E-state index < -0.39 is 0 Å². The molecular weight excluding hydrogens is 244 g/mol. The molecule has 0 atom stereocenters. The molecule has 3 nitrogen and oxygen atoms in total. The summed E-state index contributed by atoms with van der Waals surface area (Å²) in [7, 11) is 0. The van der Waals surface area contributed by atoms with Crippen LogP contribution in [0.1, 0.15) is 31.0 Å². The van der Waals surface area contributed by atoms with Crippen molar-refractivity contribution in [2.45, 2.75) is 32.8 Å². The highest BCUT2D eigenvalue weighted by Crippen LogP contribution is 2.20. The fraction of sp³-hybridized carbons (Fsp3) is 0.643. The van der Waals surface area contributed by atoms with Crippen molar-refractivity contribution >= 4 is 17.6 Å². The average Bonchev–Trinajstić information content (AvgIpc) is 2.67. The zero-order valence-corrected chi connectivity index (χ0v) is 11.9. The summed E-state index contributed by atoms with van der Waals surface area (Å²) in [5, 5.41) is 9.36. The van der Waals surface area contributed by atoms with Crippen molar-refractivity contribution in [2.75, 3.05) is 29.5 Å². The Bertz CT molecular complexity index is 376. The summed E-state index contributed by atoms with van der Waals surface area (Å²) in [6.45, 7) is 4.42. The van der Waals surface area contributed by atoms with Crippen LogP contribution in [0.5, 0.6) is 0 Å². The molecule has 0 radical (unpaired) electrons. The number of hydrogen-bond donors (Lipinski definition) is 1. The van der Waals surface area contributed by atoms with E-state index in [-0.39, 0.29) is 6.61 Å². The maximum absolute atomic E-state index is 9.36. The van der Waals surface area contributed by atoms with E-state index in [0.717, 1.165) is 43.0 Å². The molecule has 1 N–H and O–H groups in total. The van der Waals surface area contributed by atoms with Crippen LogP contribution in [-0.4, -0.2) is 34.7 Å². The van der Waals surface area contributed by atoms with Crippen LogP contribution in [0.25, 0.3) is 0 Å². The quantitative estimate of drug-likeness (QED) is 0.908. The minimum absolute atomic E-state index is 0.106. The molecule has 1 saturated heterocycles. The van der Waals surface area contributed by atoms with Crippen LogP contribution in [0.2, 0.25) is 0 Å². The molecule has 0 spiro atoms. The lowest BCUT2D eigenvalue weighted by Crippen LogP contribution is -2.26. The van der Waals surface area contributed by atoms with Gasteiger partial charge in [0.15, 0.2) is 0 Å². The van der Waals surface area contributed by atoms with Gasteiger partial charge < -0.3 is 10.0 Å². The van der Waals surface area contributed by atoms with Crippen LogP contribution < -0.4 is 4.90 Å². The minimum Gasteiger partial charge on any atom is -0.392 e. The molecule has 1 fully saturated rings. The molecule has 0 amide bonds. The fourth-order valence-electron chi connectivity index (χ4n) is 2.25. The van der Waals surface area contributed by atoms with Crippen LogP contribution in [-0.2, 0) is 13.0 Å². The van der Waals surface area contributed by atoms with Crippen LogP contribution in [0.3, 0.4) is 0 Å². The Kier molecular flexibility index (Phi) is 5.32. The number of thioether (sulfide) groups is 1. The first-order valence-corrected chi connectivity index (χ1v) is 7.92. The SMILES string of the molecule is CCCc1cc(CO)cc(N2CCCSCC2)n1. The first-order valence-electron chi connectivity index (χ1n) is 6.77. The number of nitrogens with zero attached hydrogens (tertiary/aromatic N) is 2. The average molecular weight is 266 g/mol. The van der Waals surface area contributed by atoms with Crippen molar-refractivity contribution in [3.8, 4) is 0 Å². The third-order valence-electron chi connectivity index (χ3n) is 3.16. The molecule has 0 bridgehead atoms. The zero-order valence-electron chi connectivity index (χ0n) is 11.1. The molecule has 1 aliphatic rings. The van der Waals surface area contributed by atoms with Gasteiger partial charge in [-0.1, -0.05) is 13.3 Å². The summed E-state index contributed by atoms with van der Waals surface area (Å²) in [4.78, 5) is 7.10. The van der Waals surface area contributed by atoms with E-state index in [1.807, 2.05) is 23.9 Å². The van der Waals surface area contributed by atoms with Crippen molar-refractivity contribution in [3.63, 3.8) is 0 Å². The smallest absolute Gasteiger partial charge is 0.129 e. The molecule has 0 aromatic carbocycles. The Hall–Kier alpha value is -0.740. The molecule has 1 aliphatic heterocycles. The Balaban J connectivity index is 2.21. The van der Waals surface area contributed by atoms with Crippen LogP contribution in [0, 0.1) is 0 Å². The van der Waals surface area contributed by atoms with Crippen molar-refractivity contribution in [3.05, 3.63) is 23.4 Å². The van der Waals surface area contributed by atoms with Gasteiger partial charge in [-0.25, -0.2) is 4.98 Å². The van der Waals surface area contributed by atoms with Gasteiger partial charge in [0, 0.05) is 24.5 Å². The van der Waals surface area contributed by atoms with Crippen LogP contribution in [0.15, 0.2) is 12.1 Å². The van der Waals surface area contributed by atoms with E-state index in [0.29, 0.717) is 0 Å². The third kappa shape index (κ3) is 3.62. The van der Waals surface area contributed by atoms with E-state index >= 15 is 0 Å². The maximum Gasteiger partial charge on any atom is 0.129 e. The van der Waals surface area contributed by atoms with Gasteiger partial charge in [0.1, 0.15) is 5.82 Å². The van der Waals surface area contributed by atoms with Crippen molar-refractivity contribution in [1.29, 1.82) is 0 Å². The third-order valence-corrected chi connectivity index (χ3v) is 4.21. The number of pyridine rings is 1. The molecule has 4 heteroatoms. The highest BCUT2D eigenvalue weighted by atomic mass is 32.2. The molecule has 100 valence electrons. The van der Waals surface area contributed by atoms with Gasteiger partial charge in [-0.2, -0.15) is 11.8 Å². The minimum atomic E-state index is 0.106. The second kappa shape index (κ2) is 7.00. The number of rotatable bonds is 4. The molecular formula is C14H22N2OS. The summed E-state index contributed by atoms with van der Waals surface area (Å²) in [5.41, 5.74) is 2.09. The topological polar surface area (TPSA) is 36.4 Å². The Morgan fingerprint density at radius 3 is 3.00 bits per heavy atom. The van der Waals surface area contributed by atoms with E-state index in [9.17, 15) is 5.11 Å². The first-order chi connectivity index (χ1) is 8.83. The number of aliphatic hydroxyl groups is 1. The maximum atomic E-state index is 9.36. The van der Waals surface area contributed by atoms with E-state index in [1.165, 1.54) is 17.9 Å². The lowest BCUT2D eigenvalue weighted by atomic mass is 10.1. The number of hydrogen-bond acceptors (Lipinski definition) is 4. The lowest BCUT2D eigenvalue weighted by molar-refractivity contribution is 0.281. The molecule has 18 heavy (non-hydrogen) atoms. The van der Waals surface area contributed by atoms with Crippen LogP contribution in [0.4, 0.5) is 5.82 Å². The zero-order chi connectivity index (χ0) is 12.8. The van der Waals surface area contributed by atoms with Crippen molar-refractivity contribution in [2.24, 2.45) is 0 Å². The Labute approximate surface area is 114 Å². The first kappa shape index (κ1) is 13.7. The molecule has 0 unspecified atom stereocenters. The van der Waals surface area contributed by atoms with Gasteiger partial charge in [0.05, 0.1) is 6.61 Å². The number of aliphatic hydroxyl groups excluding tert-OH is 1. The van der Waals surface area contributed by atoms with E-state index in [2.05, 4.69) is 11.8 Å². The summed E-state index contributed by atoms with van der Waals surface area (Å²) in [6, 6.07) is 4.06. The predicted molar refractivity (Wildman–Crippen MR) is 78.3 cm³/mol. The van der Waals surface area contributed by atoms with Crippen molar-refractivity contribution in [1.82, 2.24) is 4.98 Å². The van der Waals surface area contributed by atoms with E-state index in [1.54, 1.807) is 0 Å². The molecule has 2 heterocycles. The highest BCUT2D eigenvalue weighted by Gasteiger charge is 2.12. The van der Waals surface area contributed by atoms with Gasteiger partial charge in [0.25, 0.3) is 0 Å².